The fourth-order valence-electron chi connectivity index (χ4n) is 1.18. The van der Waals surface area contributed by atoms with E-state index in [0.29, 0.717) is 19.4 Å². The van der Waals surface area contributed by atoms with E-state index < -0.39 is 5.79 Å². The number of carbonyl (C=O) groups excluding carboxylic acids is 1. The van der Waals surface area contributed by atoms with Gasteiger partial charge >= 0.3 is 0 Å². The Morgan fingerprint density at radius 2 is 2.09 bits per heavy atom. The molecule has 4 heteroatoms. The standard InChI is InChI=1S/C7H13FN2O/c1-7(8,6-11)10-4-2-9-3-5-10/h6,9H,2-5H2,1H3. The number of hydrogen-bond donors (Lipinski definition) is 1. The van der Waals surface area contributed by atoms with Crippen molar-refractivity contribution >= 4 is 6.29 Å². The molecule has 0 bridgehead atoms. The number of rotatable bonds is 2. The average Bonchev–Trinajstić information content (AvgIpc) is 2.06. The summed E-state index contributed by atoms with van der Waals surface area (Å²) in [5.41, 5.74) is 0. The SMILES string of the molecule is CC(F)(C=O)N1CCNCC1. The fraction of sp³-hybridized carbons (Fsp3) is 0.857. The van der Waals surface area contributed by atoms with E-state index in [4.69, 9.17) is 0 Å². The first kappa shape index (κ1) is 8.62. The maximum absolute atomic E-state index is 13.2. The lowest BCUT2D eigenvalue weighted by molar-refractivity contribution is -0.129. The summed E-state index contributed by atoms with van der Waals surface area (Å²) in [6.45, 7) is 4.02. The van der Waals surface area contributed by atoms with Crippen molar-refractivity contribution in [1.82, 2.24) is 10.2 Å². The Labute approximate surface area is 65.6 Å². The number of nitrogens with one attached hydrogen (secondary N) is 1. The van der Waals surface area contributed by atoms with Crippen LogP contribution in [0.4, 0.5) is 4.39 Å². The summed E-state index contributed by atoms with van der Waals surface area (Å²) in [4.78, 5) is 11.8. The Hall–Kier alpha value is -0.480. The van der Waals surface area contributed by atoms with Gasteiger partial charge in [0.2, 0.25) is 5.79 Å². The molecule has 0 aromatic rings. The van der Waals surface area contributed by atoms with Gasteiger partial charge in [0.05, 0.1) is 0 Å². The minimum atomic E-state index is -1.78. The summed E-state index contributed by atoms with van der Waals surface area (Å²) in [7, 11) is 0. The minimum Gasteiger partial charge on any atom is -0.314 e. The van der Waals surface area contributed by atoms with E-state index in [1.165, 1.54) is 11.8 Å². The molecule has 3 nitrogen and oxygen atoms in total. The van der Waals surface area contributed by atoms with Gasteiger partial charge in [0.15, 0.2) is 6.29 Å². The van der Waals surface area contributed by atoms with E-state index in [-0.39, 0.29) is 0 Å². The van der Waals surface area contributed by atoms with Crippen LogP contribution in [0.1, 0.15) is 6.92 Å². The highest BCUT2D eigenvalue weighted by Gasteiger charge is 2.31. The van der Waals surface area contributed by atoms with Gasteiger partial charge in [-0.2, -0.15) is 0 Å². The molecule has 0 aromatic carbocycles. The molecule has 0 amide bonds. The number of alkyl halides is 1. The maximum Gasteiger partial charge on any atom is 0.216 e. The van der Waals surface area contributed by atoms with Crippen LogP contribution in [-0.2, 0) is 4.79 Å². The molecule has 0 spiro atoms. The molecule has 1 fully saturated rings. The lowest BCUT2D eigenvalue weighted by Crippen LogP contribution is -2.53. The van der Waals surface area contributed by atoms with E-state index in [2.05, 4.69) is 5.32 Å². The minimum absolute atomic E-state index is 0.359. The van der Waals surface area contributed by atoms with Gasteiger partial charge in [0.1, 0.15) is 0 Å². The quantitative estimate of drug-likeness (QED) is 0.447. The van der Waals surface area contributed by atoms with Gasteiger partial charge in [0, 0.05) is 26.2 Å². The lowest BCUT2D eigenvalue weighted by Gasteiger charge is -2.33. The molecule has 1 heterocycles. The van der Waals surface area contributed by atoms with Crippen molar-refractivity contribution in [3.8, 4) is 0 Å². The van der Waals surface area contributed by atoms with Gasteiger partial charge in [-0.15, -0.1) is 0 Å². The molecular formula is C7H13FN2O. The maximum atomic E-state index is 13.2. The second kappa shape index (κ2) is 3.28. The highest BCUT2D eigenvalue weighted by atomic mass is 19.1. The molecule has 1 aliphatic heterocycles. The predicted octanol–water partition coefficient (Wildman–Crippen LogP) is -0.224. The zero-order valence-electron chi connectivity index (χ0n) is 6.64. The van der Waals surface area contributed by atoms with Crippen molar-refractivity contribution in [3.05, 3.63) is 0 Å². The van der Waals surface area contributed by atoms with Gasteiger partial charge in [0.25, 0.3) is 0 Å². The molecule has 1 unspecified atom stereocenters. The Morgan fingerprint density at radius 1 is 1.55 bits per heavy atom. The van der Waals surface area contributed by atoms with Crippen LogP contribution in [0.3, 0.4) is 0 Å². The lowest BCUT2D eigenvalue weighted by atomic mass is 10.2. The summed E-state index contributed by atoms with van der Waals surface area (Å²) in [5.74, 6) is -1.78. The van der Waals surface area contributed by atoms with Crippen LogP contribution in [0.5, 0.6) is 0 Å². The number of aldehydes is 1. The number of nitrogens with zero attached hydrogens (tertiary/aromatic N) is 1. The van der Waals surface area contributed by atoms with Crippen LogP contribution in [0.25, 0.3) is 0 Å². The molecule has 0 aliphatic carbocycles. The van der Waals surface area contributed by atoms with Gasteiger partial charge < -0.3 is 5.32 Å². The monoisotopic (exact) mass is 160 g/mol. The summed E-state index contributed by atoms with van der Waals surface area (Å²) >= 11 is 0. The van der Waals surface area contributed by atoms with Crippen molar-refractivity contribution in [2.45, 2.75) is 12.7 Å². The summed E-state index contributed by atoms with van der Waals surface area (Å²) in [5, 5.41) is 3.09. The van der Waals surface area contributed by atoms with Gasteiger partial charge in [-0.1, -0.05) is 0 Å². The number of hydrogen-bond acceptors (Lipinski definition) is 3. The highest BCUT2D eigenvalue weighted by Crippen LogP contribution is 2.13. The van der Waals surface area contributed by atoms with Crippen LogP contribution in [0, 0.1) is 0 Å². The van der Waals surface area contributed by atoms with Crippen LogP contribution >= 0.6 is 0 Å². The van der Waals surface area contributed by atoms with E-state index in [9.17, 15) is 9.18 Å². The first-order valence-electron chi connectivity index (χ1n) is 3.78. The molecule has 0 aromatic heterocycles. The third kappa shape index (κ3) is 1.97. The molecule has 64 valence electrons. The first-order valence-corrected chi connectivity index (χ1v) is 3.78. The molecule has 1 rings (SSSR count). The van der Waals surface area contributed by atoms with Crippen LogP contribution in [0.2, 0.25) is 0 Å². The first-order chi connectivity index (χ1) is 5.17. The normalized spacial score (nSPS) is 26.0. The van der Waals surface area contributed by atoms with Crippen molar-refractivity contribution in [3.63, 3.8) is 0 Å². The third-order valence-electron chi connectivity index (χ3n) is 1.95. The number of carbonyl (C=O) groups is 1. The van der Waals surface area contributed by atoms with Gasteiger partial charge in [-0.25, -0.2) is 4.39 Å². The van der Waals surface area contributed by atoms with E-state index >= 15 is 0 Å². The van der Waals surface area contributed by atoms with Crippen molar-refractivity contribution in [1.29, 1.82) is 0 Å². The zero-order valence-corrected chi connectivity index (χ0v) is 6.64. The van der Waals surface area contributed by atoms with Crippen molar-refractivity contribution in [2.24, 2.45) is 0 Å². The highest BCUT2D eigenvalue weighted by molar-refractivity contribution is 5.60. The number of halogens is 1. The largest absolute Gasteiger partial charge is 0.314 e. The molecule has 0 saturated carbocycles. The molecule has 1 N–H and O–H groups in total. The topological polar surface area (TPSA) is 32.3 Å². The van der Waals surface area contributed by atoms with E-state index in [0.717, 1.165) is 13.1 Å². The Morgan fingerprint density at radius 3 is 2.55 bits per heavy atom. The second-order valence-corrected chi connectivity index (χ2v) is 2.88. The van der Waals surface area contributed by atoms with Gasteiger partial charge in [-0.3, -0.25) is 9.69 Å². The molecule has 1 saturated heterocycles. The van der Waals surface area contributed by atoms with E-state index in [1.807, 2.05) is 0 Å². The van der Waals surface area contributed by atoms with Gasteiger partial charge in [-0.05, 0) is 6.92 Å². The summed E-state index contributed by atoms with van der Waals surface area (Å²) in [6, 6.07) is 0. The average molecular weight is 160 g/mol. The Bertz CT molecular complexity index is 143. The second-order valence-electron chi connectivity index (χ2n) is 2.88. The molecule has 1 atom stereocenters. The summed E-state index contributed by atoms with van der Waals surface area (Å²) < 4.78 is 13.2. The Kier molecular flexibility index (Phi) is 2.57. The molecular weight excluding hydrogens is 147 g/mol. The summed E-state index contributed by atoms with van der Waals surface area (Å²) in [6.07, 6.45) is 0.359. The van der Waals surface area contributed by atoms with Crippen LogP contribution < -0.4 is 5.32 Å². The Balaban J connectivity index is 2.50. The molecule has 0 radical (unpaired) electrons. The zero-order chi connectivity index (χ0) is 8.32. The fourth-order valence-corrected chi connectivity index (χ4v) is 1.18. The van der Waals surface area contributed by atoms with Crippen LogP contribution in [0.15, 0.2) is 0 Å². The molecule has 1 aliphatic rings. The van der Waals surface area contributed by atoms with Crippen LogP contribution in [-0.4, -0.2) is 43.2 Å². The van der Waals surface area contributed by atoms with E-state index in [1.54, 1.807) is 0 Å². The smallest absolute Gasteiger partial charge is 0.216 e. The van der Waals surface area contributed by atoms with Crippen molar-refractivity contribution < 1.29 is 9.18 Å². The predicted molar refractivity (Wildman–Crippen MR) is 40.0 cm³/mol. The number of piperazine rings is 1. The third-order valence-corrected chi connectivity index (χ3v) is 1.95. The van der Waals surface area contributed by atoms with Crippen molar-refractivity contribution in [2.75, 3.05) is 26.2 Å². The molecule has 11 heavy (non-hydrogen) atoms.